The molecule has 17 heavy (non-hydrogen) atoms. The van der Waals surface area contributed by atoms with Crippen LogP contribution in [0.25, 0.3) is 0 Å². The third-order valence-corrected chi connectivity index (χ3v) is 4.05. The minimum Gasteiger partial charge on any atom is -0.389 e. The maximum atomic E-state index is 5.63. The Hall–Kier alpha value is -0.610. The Kier molecular flexibility index (Phi) is 4.40. The van der Waals surface area contributed by atoms with Crippen LogP contribution >= 0.6 is 28.1 Å². The molecule has 0 saturated carbocycles. The van der Waals surface area contributed by atoms with Gasteiger partial charge in [-0.15, -0.1) is 0 Å². The first-order valence-corrected chi connectivity index (χ1v) is 7.23. The number of anilines is 1. The maximum absolute atomic E-state index is 5.63. The van der Waals surface area contributed by atoms with E-state index < -0.39 is 0 Å². The van der Waals surface area contributed by atoms with Gasteiger partial charge in [-0.3, -0.25) is 0 Å². The van der Waals surface area contributed by atoms with E-state index in [1.807, 2.05) is 12.1 Å². The van der Waals surface area contributed by atoms with Crippen molar-refractivity contribution in [3.63, 3.8) is 0 Å². The van der Waals surface area contributed by atoms with Crippen LogP contribution in [0.1, 0.15) is 31.2 Å². The molecular weight excluding hydrogens is 296 g/mol. The van der Waals surface area contributed by atoms with E-state index in [4.69, 9.17) is 18.0 Å². The summed E-state index contributed by atoms with van der Waals surface area (Å²) in [5, 5.41) is 0. The fourth-order valence-electron chi connectivity index (χ4n) is 2.23. The van der Waals surface area contributed by atoms with E-state index in [-0.39, 0.29) is 0 Å². The molecule has 1 heterocycles. The minimum absolute atomic E-state index is 0.452. The van der Waals surface area contributed by atoms with Crippen LogP contribution in [0.15, 0.2) is 22.7 Å². The fraction of sp³-hybridized carbons (Fsp3) is 0.462. The molecule has 0 aliphatic carbocycles. The Morgan fingerprint density at radius 3 is 2.35 bits per heavy atom. The van der Waals surface area contributed by atoms with Gasteiger partial charge in [0.05, 0.1) is 5.69 Å². The third-order valence-electron chi connectivity index (χ3n) is 3.18. The molecule has 0 spiro atoms. The fourth-order valence-corrected chi connectivity index (χ4v) is 2.98. The molecule has 2 nitrogen and oxygen atoms in total. The van der Waals surface area contributed by atoms with Crippen LogP contribution in [0.5, 0.6) is 0 Å². The van der Waals surface area contributed by atoms with E-state index in [9.17, 15) is 0 Å². The first-order chi connectivity index (χ1) is 8.18. The molecule has 0 amide bonds. The van der Waals surface area contributed by atoms with Crippen molar-refractivity contribution in [2.24, 2.45) is 5.73 Å². The van der Waals surface area contributed by atoms with Crippen molar-refractivity contribution in [1.82, 2.24) is 0 Å². The average molecular weight is 313 g/mol. The SMILES string of the molecule is NC(=S)c1ccc(N2CCCCCC2)c(Br)c1. The Balaban J connectivity index is 2.22. The van der Waals surface area contributed by atoms with Gasteiger partial charge in [0.25, 0.3) is 0 Å². The predicted molar refractivity (Wildman–Crippen MR) is 80.7 cm³/mol. The van der Waals surface area contributed by atoms with E-state index in [1.165, 1.54) is 31.4 Å². The molecule has 0 atom stereocenters. The Morgan fingerprint density at radius 2 is 1.82 bits per heavy atom. The van der Waals surface area contributed by atoms with Gasteiger partial charge in [-0.05, 0) is 47.0 Å². The Morgan fingerprint density at radius 1 is 1.18 bits per heavy atom. The summed E-state index contributed by atoms with van der Waals surface area (Å²) >= 11 is 8.61. The Labute approximate surface area is 116 Å². The summed E-state index contributed by atoms with van der Waals surface area (Å²) in [6.07, 6.45) is 5.26. The first kappa shape index (κ1) is 12.8. The highest BCUT2D eigenvalue weighted by Gasteiger charge is 2.13. The van der Waals surface area contributed by atoms with Gasteiger partial charge in [-0.25, -0.2) is 0 Å². The molecule has 1 fully saturated rings. The molecule has 1 saturated heterocycles. The van der Waals surface area contributed by atoms with Gasteiger partial charge in [-0.1, -0.05) is 25.1 Å². The van der Waals surface area contributed by atoms with Gasteiger partial charge in [0, 0.05) is 23.1 Å². The highest BCUT2D eigenvalue weighted by atomic mass is 79.9. The molecule has 2 rings (SSSR count). The number of nitrogens with two attached hydrogens (primary N) is 1. The molecule has 4 heteroatoms. The van der Waals surface area contributed by atoms with Crippen molar-refractivity contribution >= 4 is 38.8 Å². The lowest BCUT2D eigenvalue weighted by molar-refractivity contribution is 0.726. The van der Waals surface area contributed by atoms with Crippen molar-refractivity contribution in [2.75, 3.05) is 18.0 Å². The van der Waals surface area contributed by atoms with Crippen LogP contribution in [0.2, 0.25) is 0 Å². The van der Waals surface area contributed by atoms with Crippen LogP contribution in [0.4, 0.5) is 5.69 Å². The highest BCUT2D eigenvalue weighted by Crippen LogP contribution is 2.29. The summed E-state index contributed by atoms with van der Waals surface area (Å²) in [6, 6.07) is 6.14. The normalized spacial score (nSPS) is 16.6. The third kappa shape index (κ3) is 3.19. The number of halogens is 1. The minimum atomic E-state index is 0.452. The lowest BCUT2D eigenvalue weighted by atomic mass is 10.2. The second kappa shape index (κ2) is 5.83. The van der Waals surface area contributed by atoms with E-state index in [0.717, 1.165) is 23.1 Å². The largest absolute Gasteiger partial charge is 0.389 e. The molecule has 0 radical (unpaired) electrons. The van der Waals surface area contributed by atoms with Crippen molar-refractivity contribution < 1.29 is 0 Å². The summed E-state index contributed by atoms with van der Waals surface area (Å²) < 4.78 is 1.09. The summed E-state index contributed by atoms with van der Waals surface area (Å²) in [7, 11) is 0. The van der Waals surface area contributed by atoms with Crippen molar-refractivity contribution in [3.8, 4) is 0 Å². The lowest BCUT2D eigenvalue weighted by Gasteiger charge is -2.24. The van der Waals surface area contributed by atoms with Gasteiger partial charge >= 0.3 is 0 Å². The quantitative estimate of drug-likeness (QED) is 0.848. The first-order valence-electron chi connectivity index (χ1n) is 6.03. The van der Waals surface area contributed by atoms with Crippen LogP contribution in [0.3, 0.4) is 0 Å². The molecule has 2 N–H and O–H groups in total. The van der Waals surface area contributed by atoms with Gasteiger partial charge in [0.1, 0.15) is 4.99 Å². The standard InChI is InChI=1S/C13H17BrN2S/c14-11-9-10(13(15)17)5-6-12(11)16-7-3-1-2-4-8-16/h5-6,9H,1-4,7-8H2,(H2,15,17). The summed E-state index contributed by atoms with van der Waals surface area (Å²) in [5.41, 5.74) is 7.81. The second-order valence-electron chi connectivity index (χ2n) is 4.43. The maximum Gasteiger partial charge on any atom is 0.104 e. The van der Waals surface area contributed by atoms with Gasteiger partial charge < -0.3 is 10.6 Å². The summed E-state index contributed by atoms with van der Waals surface area (Å²) in [5.74, 6) is 0. The molecule has 1 aliphatic heterocycles. The molecular formula is C13H17BrN2S. The van der Waals surface area contributed by atoms with E-state index in [0.29, 0.717) is 4.99 Å². The number of hydrogen-bond donors (Lipinski definition) is 1. The zero-order chi connectivity index (χ0) is 12.3. The van der Waals surface area contributed by atoms with E-state index in [2.05, 4.69) is 26.9 Å². The monoisotopic (exact) mass is 312 g/mol. The zero-order valence-electron chi connectivity index (χ0n) is 9.79. The number of benzene rings is 1. The van der Waals surface area contributed by atoms with E-state index in [1.54, 1.807) is 0 Å². The predicted octanol–water partition coefficient (Wildman–Crippen LogP) is 3.46. The zero-order valence-corrected chi connectivity index (χ0v) is 12.2. The van der Waals surface area contributed by atoms with Crippen molar-refractivity contribution in [2.45, 2.75) is 25.7 Å². The van der Waals surface area contributed by atoms with Gasteiger partial charge in [0.15, 0.2) is 0 Å². The topological polar surface area (TPSA) is 29.3 Å². The Bertz CT molecular complexity index is 412. The van der Waals surface area contributed by atoms with E-state index >= 15 is 0 Å². The lowest BCUT2D eigenvalue weighted by Crippen LogP contribution is -2.24. The summed E-state index contributed by atoms with van der Waals surface area (Å²) in [4.78, 5) is 2.90. The smallest absolute Gasteiger partial charge is 0.104 e. The molecule has 0 bridgehead atoms. The number of hydrogen-bond acceptors (Lipinski definition) is 2. The molecule has 0 aromatic heterocycles. The van der Waals surface area contributed by atoms with Gasteiger partial charge in [-0.2, -0.15) is 0 Å². The van der Waals surface area contributed by atoms with Gasteiger partial charge in [0.2, 0.25) is 0 Å². The number of rotatable bonds is 2. The second-order valence-corrected chi connectivity index (χ2v) is 5.73. The van der Waals surface area contributed by atoms with Crippen molar-refractivity contribution in [3.05, 3.63) is 28.2 Å². The average Bonchev–Trinajstić information content (AvgIpc) is 2.57. The van der Waals surface area contributed by atoms with Crippen molar-refractivity contribution in [1.29, 1.82) is 0 Å². The molecule has 0 unspecified atom stereocenters. The number of nitrogens with zero attached hydrogens (tertiary/aromatic N) is 1. The molecule has 92 valence electrons. The number of thiocarbonyl (C=S) groups is 1. The molecule has 1 aliphatic rings. The highest BCUT2D eigenvalue weighted by molar-refractivity contribution is 9.10. The van der Waals surface area contributed by atoms with Crippen LogP contribution in [-0.2, 0) is 0 Å². The molecule has 1 aromatic rings. The van der Waals surface area contributed by atoms with Crippen LogP contribution in [0, 0.1) is 0 Å². The molecule has 1 aromatic carbocycles. The van der Waals surface area contributed by atoms with Crippen LogP contribution in [-0.4, -0.2) is 18.1 Å². The summed E-state index contributed by atoms with van der Waals surface area (Å²) in [6.45, 7) is 2.29. The van der Waals surface area contributed by atoms with Crippen LogP contribution < -0.4 is 10.6 Å².